The van der Waals surface area contributed by atoms with Gasteiger partial charge in [-0.1, -0.05) is 0 Å². The van der Waals surface area contributed by atoms with Crippen LogP contribution in [0.5, 0.6) is 0 Å². The summed E-state index contributed by atoms with van der Waals surface area (Å²) in [5.74, 6) is -1.44. The van der Waals surface area contributed by atoms with Crippen LogP contribution in [0.25, 0.3) is 0 Å². The van der Waals surface area contributed by atoms with Gasteiger partial charge in [-0.05, 0) is 25.0 Å². The number of aliphatic hydroxyl groups excluding tert-OH is 1. The van der Waals surface area contributed by atoms with Crippen molar-refractivity contribution in [2.24, 2.45) is 0 Å². The highest BCUT2D eigenvalue weighted by atomic mass is 32.2. The van der Waals surface area contributed by atoms with Gasteiger partial charge in [0.1, 0.15) is 0 Å². The molecular weight excluding hydrogens is 304 g/mol. The molecule has 1 rings (SSSR count). The number of non-ortho nitro benzene ring substituents is 1. The molecule has 0 aliphatic rings. The largest absolute Gasteiger partial charge is 0.479 e. The number of nitro groups is 1. The molecule has 0 unspecified atom stereocenters. The van der Waals surface area contributed by atoms with Crippen LogP contribution in [-0.2, 0) is 14.8 Å². The predicted molar refractivity (Wildman–Crippen MR) is 71.3 cm³/mol. The number of hydrogen-bond acceptors (Lipinski definition) is 6. The van der Waals surface area contributed by atoms with Crippen molar-refractivity contribution in [2.45, 2.75) is 24.3 Å². The molecule has 21 heavy (non-hydrogen) atoms. The molecule has 0 bridgehead atoms. The Labute approximate surface area is 120 Å². The minimum atomic E-state index is -3.93. The Bertz CT molecular complexity index is 657. The van der Waals surface area contributed by atoms with Gasteiger partial charge in [0.15, 0.2) is 6.10 Å². The molecule has 10 heteroatoms. The molecule has 0 aliphatic carbocycles. The van der Waals surface area contributed by atoms with E-state index >= 15 is 0 Å². The maximum atomic E-state index is 12.0. The monoisotopic (exact) mass is 318 g/mol. The molecule has 0 amide bonds. The molecule has 0 aromatic heterocycles. The zero-order valence-corrected chi connectivity index (χ0v) is 11.8. The van der Waals surface area contributed by atoms with E-state index in [1.54, 1.807) is 0 Å². The smallest absolute Gasteiger partial charge is 0.332 e. The second kappa shape index (κ2) is 6.61. The number of aliphatic carboxylic acids is 1. The Balaban J connectivity index is 2.84. The van der Waals surface area contributed by atoms with Gasteiger partial charge in [0.2, 0.25) is 10.0 Å². The number of benzene rings is 1. The van der Waals surface area contributed by atoms with Crippen LogP contribution >= 0.6 is 0 Å². The first-order valence-corrected chi connectivity index (χ1v) is 7.29. The lowest BCUT2D eigenvalue weighted by Gasteiger charge is -2.10. The van der Waals surface area contributed by atoms with Crippen LogP contribution in [0.3, 0.4) is 0 Å². The van der Waals surface area contributed by atoms with Gasteiger partial charge in [0, 0.05) is 18.7 Å². The molecule has 1 aromatic carbocycles. The van der Waals surface area contributed by atoms with E-state index in [0.717, 1.165) is 18.2 Å². The normalized spacial score (nSPS) is 12.9. The summed E-state index contributed by atoms with van der Waals surface area (Å²) in [5.41, 5.74) is -0.0387. The van der Waals surface area contributed by atoms with Crippen LogP contribution in [0.15, 0.2) is 23.1 Å². The second-order valence-corrected chi connectivity index (χ2v) is 5.98. The summed E-state index contributed by atoms with van der Waals surface area (Å²) < 4.78 is 26.1. The predicted octanol–water partition coefficient (Wildman–Crippen LogP) is 0.0171. The molecule has 0 heterocycles. The van der Waals surface area contributed by atoms with E-state index in [2.05, 4.69) is 4.72 Å². The Morgan fingerprint density at radius 1 is 1.48 bits per heavy atom. The third-order valence-corrected chi connectivity index (χ3v) is 4.28. The number of nitro benzene ring substituents is 1. The summed E-state index contributed by atoms with van der Waals surface area (Å²) in [5, 5.41) is 28.1. The van der Waals surface area contributed by atoms with Crippen molar-refractivity contribution in [2.75, 3.05) is 6.54 Å². The number of carboxylic acids is 1. The first-order valence-electron chi connectivity index (χ1n) is 5.80. The standard InChI is InChI=1S/C11H14N2O7S/c1-7-6-8(13(17)18)2-3-10(7)21(19,20)12-5-4-9(14)11(15)16/h2-3,6,9,12,14H,4-5H2,1H3,(H,15,16)/t9-/m0/s1. The number of rotatable bonds is 7. The molecule has 3 N–H and O–H groups in total. The summed E-state index contributed by atoms with van der Waals surface area (Å²) >= 11 is 0. The van der Waals surface area contributed by atoms with Crippen molar-refractivity contribution >= 4 is 21.7 Å². The average molecular weight is 318 g/mol. The van der Waals surface area contributed by atoms with E-state index in [9.17, 15) is 23.3 Å². The molecule has 0 spiro atoms. The fourth-order valence-electron chi connectivity index (χ4n) is 1.58. The van der Waals surface area contributed by atoms with Gasteiger partial charge in [-0.15, -0.1) is 0 Å². The lowest BCUT2D eigenvalue weighted by molar-refractivity contribution is -0.385. The second-order valence-electron chi connectivity index (χ2n) is 4.25. The first-order chi connectivity index (χ1) is 9.65. The first kappa shape index (κ1) is 17.0. The van der Waals surface area contributed by atoms with Crippen molar-refractivity contribution in [3.8, 4) is 0 Å². The van der Waals surface area contributed by atoms with Crippen molar-refractivity contribution in [3.63, 3.8) is 0 Å². The highest BCUT2D eigenvalue weighted by Gasteiger charge is 2.20. The lowest BCUT2D eigenvalue weighted by atomic mass is 10.2. The molecule has 116 valence electrons. The van der Waals surface area contributed by atoms with Gasteiger partial charge >= 0.3 is 5.97 Å². The molecule has 0 saturated carbocycles. The van der Waals surface area contributed by atoms with Gasteiger partial charge < -0.3 is 10.2 Å². The van der Waals surface area contributed by atoms with Crippen LogP contribution in [-0.4, -0.2) is 42.2 Å². The molecule has 0 saturated heterocycles. The van der Waals surface area contributed by atoms with Crippen molar-refractivity contribution < 1.29 is 28.3 Å². The number of carboxylic acid groups (broad SMARTS) is 1. The lowest BCUT2D eigenvalue weighted by Crippen LogP contribution is -2.30. The van der Waals surface area contributed by atoms with E-state index < -0.39 is 27.0 Å². The average Bonchev–Trinajstić information content (AvgIpc) is 2.37. The zero-order valence-electron chi connectivity index (χ0n) is 11.0. The fraction of sp³-hybridized carbons (Fsp3) is 0.364. The van der Waals surface area contributed by atoms with Crippen LogP contribution < -0.4 is 4.72 Å². The third-order valence-electron chi connectivity index (χ3n) is 2.65. The number of aliphatic hydroxyl groups is 1. The number of hydrogen-bond donors (Lipinski definition) is 3. The van der Waals surface area contributed by atoms with Crippen LogP contribution in [0.1, 0.15) is 12.0 Å². The molecule has 0 fully saturated rings. The molecule has 0 radical (unpaired) electrons. The number of nitrogens with zero attached hydrogens (tertiary/aromatic N) is 1. The number of nitrogens with one attached hydrogen (secondary N) is 1. The highest BCUT2D eigenvalue weighted by molar-refractivity contribution is 7.89. The Morgan fingerprint density at radius 2 is 2.10 bits per heavy atom. The maximum Gasteiger partial charge on any atom is 0.332 e. The quantitative estimate of drug-likeness (QED) is 0.474. The van der Waals surface area contributed by atoms with Gasteiger partial charge in [-0.25, -0.2) is 17.9 Å². The summed E-state index contributed by atoms with van der Waals surface area (Å²) in [7, 11) is -3.93. The zero-order chi connectivity index (χ0) is 16.2. The summed E-state index contributed by atoms with van der Waals surface area (Å²) in [6, 6.07) is 3.29. The molecular formula is C11H14N2O7S. The van der Waals surface area contributed by atoms with E-state index in [1.807, 2.05) is 0 Å². The van der Waals surface area contributed by atoms with Crippen molar-refractivity contribution in [1.82, 2.24) is 4.72 Å². The van der Waals surface area contributed by atoms with Crippen molar-refractivity contribution in [3.05, 3.63) is 33.9 Å². The van der Waals surface area contributed by atoms with Crippen LogP contribution in [0, 0.1) is 17.0 Å². The topological polar surface area (TPSA) is 147 Å². The highest BCUT2D eigenvalue weighted by Crippen LogP contribution is 2.20. The van der Waals surface area contributed by atoms with Crippen LogP contribution in [0.4, 0.5) is 5.69 Å². The van der Waals surface area contributed by atoms with Gasteiger partial charge in [-0.3, -0.25) is 10.1 Å². The Morgan fingerprint density at radius 3 is 2.57 bits per heavy atom. The van der Waals surface area contributed by atoms with Gasteiger partial charge in [-0.2, -0.15) is 0 Å². The Hall–Kier alpha value is -2.04. The maximum absolute atomic E-state index is 12.0. The molecule has 1 aromatic rings. The van der Waals surface area contributed by atoms with E-state index in [-0.39, 0.29) is 29.1 Å². The molecule has 0 aliphatic heterocycles. The third kappa shape index (κ3) is 4.48. The summed E-state index contributed by atoms with van der Waals surface area (Å²) in [4.78, 5) is 20.2. The van der Waals surface area contributed by atoms with E-state index in [4.69, 9.17) is 10.2 Å². The van der Waals surface area contributed by atoms with Gasteiger partial charge in [0.25, 0.3) is 5.69 Å². The number of sulfonamides is 1. The van der Waals surface area contributed by atoms with E-state index in [1.165, 1.54) is 6.92 Å². The molecule has 1 atom stereocenters. The molecule has 9 nitrogen and oxygen atoms in total. The van der Waals surface area contributed by atoms with E-state index in [0.29, 0.717) is 0 Å². The van der Waals surface area contributed by atoms with Gasteiger partial charge in [0.05, 0.1) is 9.82 Å². The SMILES string of the molecule is Cc1cc([N+](=O)[O-])ccc1S(=O)(=O)NCC[C@H](O)C(=O)O. The Kier molecular flexibility index (Phi) is 5.35. The minimum Gasteiger partial charge on any atom is -0.479 e. The number of aryl methyl sites for hydroxylation is 1. The van der Waals surface area contributed by atoms with Crippen LogP contribution in [0.2, 0.25) is 0 Å². The minimum absolute atomic E-state index is 0.141. The fourth-order valence-corrected chi connectivity index (χ4v) is 2.85. The summed E-state index contributed by atoms with van der Waals surface area (Å²) in [6.07, 6.45) is -1.95. The number of carbonyl (C=O) groups is 1. The van der Waals surface area contributed by atoms with Crippen molar-refractivity contribution in [1.29, 1.82) is 0 Å². The summed E-state index contributed by atoms with van der Waals surface area (Å²) in [6.45, 7) is 1.14.